The van der Waals surface area contributed by atoms with Crippen molar-refractivity contribution in [2.24, 2.45) is 40.1 Å². The van der Waals surface area contributed by atoms with Gasteiger partial charge in [0, 0.05) is 13.0 Å². The molecule has 0 aliphatic carbocycles. The van der Waals surface area contributed by atoms with Gasteiger partial charge in [0.15, 0.2) is 5.96 Å². The Kier molecular flexibility index (Phi) is 26.5. The van der Waals surface area contributed by atoms with Crippen LogP contribution in [0.3, 0.4) is 0 Å². The van der Waals surface area contributed by atoms with Gasteiger partial charge in [-0.3, -0.25) is 43.3 Å². The van der Waals surface area contributed by atoms with Crippen molar-refractivity contribution < 1.29 is 58.5 Å². The number of rotatable bonds is 31. The molecule has 1 aliphatic heterocycles. The number of aliphatic imine (C=N–C) groups is 1. The Balaban J connectivity index is 2.30. The fourth-order valence-corrected chi connectivity index (χ4v) is 7.70. The van der Waals surface area contributed by atoms with Crippen LogP contribution < -0.4 is 59.3 Å². The van der Waals surface area contributed by atoms with Crippen LogP contribution in [0.5, 0.6) is 5.75 Å². The molecule has 1 fully saturated rings. The van der Waals surface area contributed by atoms with Crippen LogP contribution in [-0.2, 0) is 49.6 Å². The standard InChI is InChI=1S/C48H80N12O12/c1-9-28(8)39(47(71)72)59-37(63)23-53-40(64)33(20-25(2)3)55-43(67)34(21-26(4)5)56-42(66)32(13-11-19-52-48(49)50)54-45(69)36(24-61)58-46(70)38(27(6)7)60-44(68)35(22-29-14-16-30(62)17-15-29)57-41(65)31-12-10-18-51-31/h14-17,25-28,31-36,38-39,51,61-62H,9-13,18-24H2,1-8H3,(H,53,64)(H,54,69)(H,55,67)(H,56,66)(H,57,65)(H,58,70)(H,59,63)(H,60,68)(H,71,72)(H4,49,50,52)/t28-,31-,32-,33-,34-,35-,36-,38-,39-/m0/s1. The number of hydrogen-bond acceptors (Lipinski definition) is 13. The highest BCUT2D eigenvalue weighted by molar-refractivity contribution is 5.98. The highest BCUT2D eigenvalue weighted by Crippen LogP contribution is 2.15. The average molecular weight is 1020 g/mol. The minimum absolute atomic E-state index is 0.00213. The predicted octanol–water partition coefficient (Wildman–Crippen LogP) is -1.88. The highest BCUT2D eigenvalue weighted by atomic mass is 16.4. The zero-order valence-corrected chi connectivity index (χ0v) is 42.8. The van der Waals surface area contributed by atoms with Crippen LogP contribution in [0.4, 0.5) is 0 Å². The third-order valence-electron chi connectivity index (χ3n) is 11.9. The molecule has 1 saturated heterocycles. The van der Waals surface area contributed by atoms with E-state index in [1.807, 2.05) is 0 Å². The molecule has 2 rings (SSSR count). The summed E-state index contributed by atoms with van der Waals surface area (Å²) in [5, 5.41) is 53.5. The molecule has 24 nitrogen and oxygen atoms in total. The van der Waals surface area contributed by atoms with E-state index in [9.17, 15) is 58.5 Å². The number of guanidine groups is 1. The van der Waals surface area contributed by atoms with Crippen LogP contribution in [0.25, 0.3) is 0 Å². The molecule has 1 aromatic rings. The maximum Gasteiger partial charge on any atom is 0.326 e. The first-order valence-electron chi connectivity index (χ1n) is 24.7. The number of carbonyl (C=O) groups excluding carboxylic acids is 8. The largest absolute Gasteiger partial charge is 0.508 e. The number of aliphatic hydroxyl groups excluding tert-OH is 1. The number of carboxylic acid groups (broad SMARTS) is 1. The van der Waals surface area contributed by atoms with Crippen molar-refractivity contribution in [2.75, 3.05) is 26.2 Å². The van der Waals surface area contributed by atoms with Gasteiger partial charge in [0.25, 0.3) is 0 Å². The summed E-state index contributed by atoms with van der Waals surface area (Å²) >= 11 is 0. The summed E-state index contributed by atoms with van der Waals surface area (Å²) in [7, 11) is 0. The van der Waals surface area contributed by atoms with Crippen molar-refractivity contribution in [3.63, 3.8) is 0 Å². The smallest absolute Gasteiger partial charge is 0.326 e. The van der Waals surface area contributed by atoms with Gasteiger partial charge in [0.1, 0.15) is 48.0 Å². The number of nitrogens with two attached hydrogens (primary N) is 2. The van der Waals surface area contributed by atoms with Crippen molar-refractivity contribution in [1.82, 2.24) is 47.9 Å². The number of phenolic OH excluding ortho intramolecular Hbond substituents is 1. The van der Waals surface area contributed by atoms with Gasteiger partial charge in [0.05, 0.1) is 19.2 Å². The summed E-state index contributed by atoms with van der Waals surface area (Å²) in [5.41, 5.74) is 11.6. The molecule has 24 heteroatoms. The fraction of sp³-hybridized carbons (Fsp3) is 0.667. The van der Waals surface area contributed by atoms with Gasteiger partial charge in [-0.15, -0.1) is 0 Å². The minimum Gasteiger partial charge on any atom is -0.508 e. The molecule has 8 amide bonds. The zero-order valence-electron chi connectivity index (χ0n) is 42.8. The second-order valence-electron chi connectivity index (χ2n) is 19.4. The zero-order chi connectivity index (χ0) is 54.2. The van der Waals surface area contributed by atoms with E-state index in [-0.39, 0.29) is 68.1 Å². The van der Waals surface area contributed by atoms with E-state index in [0.717, 1.165) is 6.42 Å². The summed E-state index contributed by atoms with van der Waals surface area (Å²) in [4.78, 5) is 125. The van der Waals surface area contributed by atoms with Gasteiger partial charge in [-0.05, 0) is 86.4 Å². The van der Waals surface area contributed by atoms with Gasteiger partial charge in [0.2, 0.25) is 47.3 Å². The number of nitrogens with one attached hydrogen (secondary N) is 9. The van der Waals surface area contributed by atoms with Gasteiger partial charge < -0.3 is 74.6 Å². The molecule has 1 aromatic carbocycles. The number of carbonyl (C=O) groups is 9. The number of hydrogen-bond donors (Lipinski definition) is 14. The molecule has 0 spiro atoms. The Hall–Kier alpha value is -6.56. The molecular weight excluding hydrogens is 937 g/mol. The lowest BCUT2D eigenvalue weighted by atomic mass is 9.99. The van der Waals surface area contributed by atoms with Crippen molar-refractivity contribution in [3.8, 4) is 5.75 Å². The molecule has 0 bridgehead atoms. The number of aromatic hydroxyl groups is 1. The van der Waals surface area contributed by atoms with Crippen molar-refractivity contribution >= 4 is 59.2 Å². The molecular formula is C48H80N12O12. The lowest BCUT2D eigenvalue weighted by molar-refractivity contribution is -0.143. The molecule has 1 aliphatic rings. The number of phenols is 1. The third kappa shape index (κ3) is 21.8. The van der Waals surface area contributed by atoms with E-state index >= 15 is 0 Å². The van der Waals surface area contributed by atoms with Gasteiger partial charge in [-0.2, -0.15) is 0 Å². The van der Waals surface area contributed by atoms with E-state index in [0.29, 0.717) is 24.9 Å². The molecule has 0 saturated carbocycles. The molecule has 72 heavy (non-hydrogen) atoms. The van der Waals surface area contributed by atoms with Crippen LogP contribution in [0.1, 0.15) is 106 Å². The quantitative estimate of drug-likeness (QED) is 0.0220. The van der Waals surface area contributed by atoms with E-state index in [1.54, 1.807) is 67.5 Å². The fourth-order valence-electron chi connectivity index (χ4n) is 7.70. The normalized spacial score (nSPS) is 16.6. The van der Waals surface area contributed by atoms with Crippen LogP contribution in [-0.4, -0.2) is 149 Å². The predicted molar refractivity (Wildman–Crippen MR) is 267 cm³/mol. The number of benzene rings is 1. The molecule has 0 unspecified atom stereocenters. The summed E-state index contributed by atoms with van der Waals surface area (Å²) < 4.78 is 0. The molecule has 0 radical (unpaired) electrons. The van der Waals surface area contributed by atoms with Gasteiger partial charge in [-0.25, -0.2) is 4.79 Å². The summed E-state index contributed by atoms with van der Waals surface area (Å²) in [5.74, 6) is -8.77. The average Bonchev–Trinajstić information content (AvgIpc) is 3.86. The molecule has 16 N–H and O–H groups in total. The summed E-state index contributed by atoms with van der Waals surface area (Å²) in [6, 6.07) is -3.56. The van der Waals surface area contributed by atoms with Gasteiger partial charge in [-0.1, -0.05) is 73.9 Å². The molecule has 0 aromatic heterocycles. The lowest BCUT2D eigenvalue weighted by Crippen LogP contribution is -2.61. The first kappa shape index (κ1) is 61.6. The molecule has 9 atom stereocenters. The Morgan fingerprint density at radius 1 is 0.694 bits per heavy atom. The van der Waals surface area contributed by atoms with Crippen LogP contribution in [0.2, 0.25) is 0 Å². The first-order chi connectivity index (χ1) is 33.9. The Bertz CT molecular complexity index is 2010. The second-order valence-corrected chi connectivity index (χ2v) is 19.4. The maximum absolute atomic E-state index is 14.1. The van der Waals surface area contributed by atoms with Crippen molar-refractivity contribution in [1.29, 1.82) is 0 Å². The van der Waals surface area contributed by atoms with E-state index in [2.05, 4.69) is 52.8 Å². The van der Waals surface area contributed by atoms with Gasteiger partial charge >= 0.3 is 5.97 Å². The number of nitrogens with zero attached hydrogens (tertiary/aromatic N) is 1. The van der Waals surface area contributed by atoms with Crippen LogP contribution in [0, 0.1) is 23.7 Å². The lowest BCUT2D eigenvalue weighted by Gasteiger charge is -2.29. The highest BCUT2D eigenvalue weighted by Gasteiger charge is 2.36. The van der Waals surface area contributed by atoms with E-state index in [4.69, 9.17) is 11.5 Å². The Morgan fingerprint density at radius 3 is 1.75 bits per heavy atom. The summed E-state index contributed by atoms with van der Waals surface area (Å²) in [6.07, 6.45) is 2.07. The van der Waals surface area contributed by atoms with Crippen molar-refractivity contribution in [2.45, 2.75) is 155 Å². The maximum atomic E-state index is 14.1. The first-order valence-corrected chi connectivity index (χ1v) is 24.7. The van der Waals surface area contributed by atoms with E-state index in [1.165, 1.54) is 12.1 Å². The molecule has 1 heterocycles. The third-order valence-corrected chi connectivity index (χ3v) is 11.9. The minimum atomic E-state index is -1.65. The number of aliphatic carboxylic acids is 1. The second kappa shape index (κ2) is 31.0. The van der Waals surface area contributed by atoms with Crippen LogP contribution >= 0.6 is 0 Å². The number of amides is 8. The number of aliphatic hydroxyl groups is 1. The Labute approximate surface area is 421 Å². The molecule has 404 valence electrons. The Morgan fingerprint density at radius 2 is 1.24 bits per heavy atom. The van der Waals surface area contributed by atoms with Crippen molar-refractivity contribution in [3.05, 3.63) is 29.8 Å². The number of carboxylic acids is 1. The monoisotopic (exact) mass is 1020 g/mol. The van der Waals surface area contributed by atoms with Crippen LogP contribution in [0.15, 0.2) is 29.3 Å². The summed E-state index contributed by atoms with van der Waals surface area (Å²) in [6.45, 7) is 13.1. The topological polar surface area (TPSA) is 387 Å². The SMILES string of the molecule is CC[C@H](C)[C@H](NC(=O)CNC(=O)[C@H](CC(C)C)NC(=O)[C@H](CC(C)C)NC(=O)[C@H](CCCN=C(N)N)NC(=O)[C@H](CO)NC(=O)[C@@H](NC(=O)[C@H](Cc1ccc(O)cc1)NC(=O)[C@@H]1CCCN1)C(C)C)C(=O)O. The van der Waals surface area contributed by atoms with E-state index < -0.39 is 121 Å².